The molecule has 0 spiro atoms. The highest BCUT2D eigenvalue weighted by atomic mass is 14.4. The molecule has 0 N–H and O–H groups in total. The standard InChI is InChI=1S/C10H16.C8H14.C4H10.C2H4/c1-7(2)10-6-8-3-4-9(10)5-8;1-2-4-6-8-7-5-3-1;1-4(2)3;1-2/h3-4,7-10H,5-6H2,1-2H3;1-2H,3-8H2;4H,1-3H3;1-2H2. The van der Waals surface area contributed by atoms with Crippen LogP contribution in [-0.2, 0) is 0 Å². The van der Waals surface area contributed by atoms with Crippen LogP contribution >= 0.6 is 0 Å². The number of hydrogen-bond donors (Lipinski definition) is 0. The molecular weight excluding hydrogens is 288 g/mol. The molecule has 2 bridgehead atoms. The maximum absolute atomic E-state index is 3.00. The predicted molar refractivity (Wildman–Crippen MR) is 112 cm³/mol. The third-order valence-electron chi connectivity index (χ3n) is 4.84. The Balaban J connectivity index is 0.000000341. The topological polar surface area (TPSA) is 0 Å². The molecule has 3 unspecified atom stereocenters. The predicted octanol–water partition coefficient (Wildman–Crippen LogP) is 8.22. The van der Waals surface area contributed by atoms with Crippen molar-refractivity contribution in [2.45, 2.75) is 86.0 Å². The zero-order valence-corrected chi connectivity index (χ0v) is 17.3. The second-order valence-corrected chi connectivity index (χ2v) is 8.38. The normalized spacial score (nSPS) is 27.2. The summed E-state index contributed by atoms with van der Waals surface area (Å²) in [6, 6.07) is 0. The zero-order chi connectivity index (χ0) is 18.4. The molecule has 0 nitrogen and oxygen atoms in total. The van der Waals surface area contributed by atoms with Crippen LogP contribution in [0.5, 0.6) is 0 Å². The zero-order valence-electron chi connectivity index (χ0n) is 17.3. The van der Waals surface area contributed by atoms with Crippen LogP contribution in [0.3, 0.4) is 0 Å². The molecule has 0 radical (unpaired) electrons. The van der Waals surface area contributed by atoms with Gasteiger partial charge in [0.2, 0.25) is 0 Å². The highest BCUT2D eigenvalue weighted by Gasteiger charge is 2.36. The summed E-state index contributed by atoms with van der Waals surface area (Å²) >= 11 is 0. The summed E-state index contributed by atoms with van der Waals surface area (Å²) in [5.74, 6) is 4.65. The van der Waals surface area contributed by atoms with E-state index < -0.39 is 0 Å². The molecule has 0 heterocycles. The summed E-state index contributed by atoms with van der Waals surface area (Å²) in [5.41, 5.74) is 0. The van der Waals surface area contributed by atoms with Gasteiger partial charge in [-0.05, 0) is 68.1 Å². The maximum Gasteiger partial charge on any atom is -0.0197 e. The first-order valence-electron chi connectivity index (χ1n) is 10.3. The number of allylic oxidation sites excluding steroid dienone is 4. The van der Waals surface area contributed by atoms with Gasteiger partial charge in [0.15, 0.2) is 0 Å². The molecule has 3 rings (SSSR count). The lowest BCUT2D eigenvalue weighted by atomic mass is 9.84. The van der Waals surface area contributed by atoms with Gasteiger partial charge in [-0.3, -0.25) is 0 Å². The Morgan fingerprint density at radius 2 is 1.25 bits per heavy atom. The van der Waals surface area contributed by atoms with E-state index in [2.05, 4.69) is 72.1 Å². The largest absolute Gasteiger partial charge is 0.106 e. The van der Waals surface area contributed by atoms with E-state index in [0.29, 0.717) is 0 Å². The maximum atomic E-state index is 3.00. The molecule has 0 heteroatoms. The molecule has 3 aliphatic carbocycles. The Kier molecular flexibility index (Phi) is 14.1. The summed E-state index contributed by atoms with van der Waals surface area (Å²) < 4.78 is 0. The highest BCUT2D eigenvalue weighted by molar-refractivity contribution is 5.10. The van der Waals surface area contributed by atoms with Crippen LogP contribution in [0.2, 0.25) is 0 Å². The lowest BCUT2D eigenvalue weighted by Crippen LogP contribution is -2.13. The van der Waals surface area contributed by atoms with E-state index in [9.17, 15) is 0 Å². The average Bonchev–Trinajstić information content (AvgIpc) is 3.11. The van der Waals surface area contributed by atoms with Crippen LogP contribution in [0.15, 0.2) is 37.5 Å². The number of fused-ring (bicyclic) bond motifs is 2. The minimum Gasteiger partial charge on any atom is -0.106 e. The molecule has 24 heavy (non-hydrogen) atoms. The quantitative estimate of drug-likeness (QED) is 0.424. The summed E-state index contributed by atoms with van der Waals surface area (Å²) in [4.78, 5) is 0. The Bertz CT molecular complexity index is 321. The van der Waals surface area contributed by atoms with Crippen LogP contribution in [0.25, 0.3) is 0 Å². The molecule has 0 aromatic carbocycles. The molecule has 0 aromatic heterocycles. The molecule has 1 saturated carbocycles. The summed E-state index contributed by atoms with van der Waals surface area (Å²) in [7, 11) is 0. The molecular formula is C24H44. The van der Waals surface area contributed by atoms with Crippen molar-refractivity contribution in [1.29, 1.82) is 0 Å². The molecule has 1 fully saturated rings. The molecule has 0 amide bonds. The van der Waals surface area contributed by atoms with Crippen LogP contribution in [-0.4, -0.2) is 0 Å². The first-order valence-corrected chi connectivity index (χ1v) is 10.3. The van der Waals surface area contributed by atoms with E-state index in [-0.39, 0.29) is 0 Å². The van der Waals surface area contributed by atoms with Gasteiger partial charge in [-0.15, -0.1) is 13.2 Å². The van der Waals surface area contributed by atoms with Gasteiger partial charge in [0.1, 0.15) is 0 Å². The fraction of sp³-hybridized carbons (Fsp3) is 0.750. The lowest BCUT2D eigenvalue weighted by molar-refractivity contribution is 0.331. The number of rotatable bonds is 1. The molecule has 3 atom stereocenters. The van der Waals surface area contributed by atoms with Gasteiger partial charge in [-0.1, -0.05) is 71.8 Å². The minimum absolute atomic E-state index is 0.833. The second kappa shape index (κ2) is 14.6. The van der Waals surface area contributed by atoms with Crippen LogP contribution in [0.4, 0.5) is 0 Å². The van der Waals surface area contributed by atoms with Crippen molar-refractivity contribution < 1.29 is 0 Å². The number of hydrogen-bond acceptors (Lipinski definition) is 0. The SMILES string of the molecule is C1=CCCCCCC1.C=C.CC(C)C.CC(C)C1CC2C=CC1C2. The Labute approximate surface area is 153 Å². The Morgan fingerprint density at radius 1 is 0.750 bits per heavy atom. The van der Waals surface area contributed by atoms with Gasteiger partial charge >= 0.3 is 0 Å². The molecule has 140 valence electrons. The monoisotopic (exact) mass is 332 g/mol. The van der Waals surface area contributed by atoms with Crippen molar-refractivity contribution in [3.8, 4) is 0 Å². The molecule has 0 aliphatic heterocycles. The lowest BCUT2D eigenvalue weighted by Gasteiger charge is -2.21. The van der Waals surface area contributed by atoms with Gasteiger partial charge in [-0.2, -0.15) is 0 Å². The van der Waals surface area contributed by atoms with Crippen molar-refractivity contribution in [3.05, 3.63) is 37.5 Å². The van der Waals surface area contributed by atoms with E-state index in [0.717, 1.165) is 29.6 Å². The van der Waals surface area contributed by atoms with Crippen molar-refractivity contribution in [2.24, 2.45) is 29.6 Å². The van der Waals surface area contributed by atoms with Gasteiger partial charge in [0.05, 0.1) is 0 Å². The summed E-state index contributed by atoms with van der Waals surface area (Å²) in [5, 5.41) is 0. The third kappa shape index (κ3) is 10.9. The Morgan fingerprint density at radius 3 is 1.54 bits per heavy atom. The molecule has 3 aliphatic rings. The third-order valence-corrected chi connectivity index (χ3v) is 4.84. The van der Waals surface area contributed by atoms with Gasteiger partial charge < -0.3 is 0 Å². The van der Waals surface area contributed by atoms with E-state index in [4.69, 9.17) is 0 Å². The smallest absolute Gasteiger partial charge is 0.0197 e. The van der Waals surface area contributed by atoms with Crippen LogP contribution in [0, 0.1) is 29.6 Å². The summed E-state index contributed by atoms with van der Waals surface area (Å²) in [6.07, 6.45) is 20.8. The van der Waals surface area contributed by atoms with Gasteiger partial charge in [-0.25, -0.2) is 0 Å². The first-order chi connectivity index (χ1) is 11.5. The fourth-order valence-corrected chi connectivity index (χ4v) is 3.70. The molecule has 0 saturated heterocycles. The van der Waals surface area contributed by atoms with Crippen molar-refractivity contribution >= 4 is 0 Å². The van der Waals surface area contributed by atoms with Crippen molar-refractivity contribution in [3.63, 3.8) is 0 Å². The molecule has 0 aromatic rings. The second-order valence-electron chi connectivity index (χ2n) is 8.38. The minimum atomic E-state index is 0.833. The van der Waals surface area contributed by atoms with Gasteiger partial charge in [0, 0.05) is 0 Å². The van der Waals surface area contributed by atoms with E-state index in [1.54, 1.807) is 0 Å². The van der Waals surface area contributed by atoms with E-state index in [1.807, 2.05) is 0 Å². The van der Waals surface area contributed by atoms with Gasteiger partial charge in [0.25, 0.3) is 0 Å². The highest BCUT2D eigenvalue weighted by Crippen LogP contribution is 2.46. The summed E-state index contributed by atoms with van der Waals surface area (Å²) in [6.45, 7) is 17.2. The first kappa shape index (κ1) is 23.2. The van der Waals surface area contributed by atoms with Crippen LogP contribution < -0.4 is 0 Å². The average molecular weight is 333 g/mol. The van der Waals surface area contributed by atoms with Crippen molar-refractivity contribution in [1.82, 2.24) is 0 Å². The van der Waals surface area contributed by atoms with E-state index in [1.165, 1.54) is 51.4 Å². The fourth-order valence-electron chi connectivity index (χ4n) is 3.70. The van der Waals surface area contributed by atoms with E-state index >= 15 is 0 Å². The Hall–Kier alpha value is -0.780. The van der Waals surface area contributed by atoms with Crippen LogP contribution in [0.1, 0.15) is 86.0 Å². The van der Waals surface area contributed by atoms with Crippen molar-refractivity contribution in [2.75, 3.05) is 0 Å².